The van der Waals surface area contributed by atoms with Crippen molar-refractivity contribution in [1.82, 2.24) is 24.6 Å². The van der Waals surface area contributed by atoms with E-state index in [1.807, 2.05) is 23.1 Å². The van der Waals surface area contributed by atoms with Crippen LogP contribution in [0.15, 0.2) is 65.8 Å². The van der Waals surface area contributed by atoms with Crippen molar-refractivity contribution in [2.45, 2.75) is 37.5 Å². The first kappa shape index (κ1) is 31.8. The van der Waals surface area contributed by atoms with Gasteiger partial charge in [-0.15, -0.1) is 0 Å². The quantitative estimate of drug-likeness (QED) is 0.327. The summed E-state index contributed by atoms with van der Waals surface area (Å²) in [5.41, 5.74) is 2.25. The number of ether oxygens (including phenoxy) is 1. The van der Waals surface area contributed by atoms with Crippen molar-refractivity contribution < 1.29 is 27.5 Å². The molecule has 0 spiro atoms. The van der Waals surface area contributed by atoms with Crippen LogP contribution in [0.4, 0.5) is 13.2 Å². The summed E-state index contributed by atoms with van der Waals surface area (Å²) < 4.78 is 44.5. The van der Waals surface area contributed by atoms with Gasteiger partial charge in [0.25, 0.3) is 0 Å². The number of carbonyl (C=O) groups excluding carboxylic acids is 2. The van der Waals surface area contributed by atoms with E-state index in [1.165, 1.54) is 10.7 Å². The van der Waals surface area contributed by atoms with Gasteiger partial charge in [-0.2, -0.15) is 18.3 Å². The number of rotatable bonds is 9. The minimum atomic E-state index is -4.50. The zero-order chi connectivity index (χ0) is 30.8. The summed E-state index contributed by atoms with van der Waals surface area (Å²) in [7, 11) is 3.82. The van der Waals surface area contributed by atoms with Crippen molar-refractivity contribution in [2.24, 2.45) is 4.99 Å². The Bertz CT molecular complexity index is 1400. The van der Waals surface area contributed by atoms with E-state index >= 15 is 0 Å². The lowest BCUT2D eigenvalue weighted by atomic mass is 9.99. The fourth-order valence-electron chi connectivity index (χ4n) is 5.16. The summed E-state index contributed by atoms with van der Waals surface area (Å²) in [6, 6.07) is 14.2. The number of halogens is 3. The number of aliphatic imine (C=N–C) groups is 1. The second-order valence-corrected chi connectivity index (χ2v) is 10.3. The lowest BCUT2D eigenvalue weighted by molar-refractivity contribution is -0.141. The Morgan fingerprint density at radius 3 is 2.42 bits per heavy atom. The van der Waals surface area contributed by atoms with E-state index in [0.717, 1.165) is 55.7 Å². The molecule has 0 saturated carbocycles. The van der Waals surface area contributed by atoms with Gasteiger partial charge in [-0.05, 0) is 74.8 Å². The Hall–Kier alpha value is -4.16. The molecule has 1 saturated heterocycles. The number of aldehydes is 1. The highest BCUT2D eigenvalue weighted by Gasteiger charge is 2.32. The Morgan fingerprint density at radius 1 is 1.12 bits per heavy atom. The van der Waals surface area contributed by atoms with Crippen LogP contribution >= 0.6 is 0 Å². The highest BCUT2D eigenvalue weighted by molar-refractivity contribution is 5.87. The maximum atomic E-state index is 12.6. The van der Waals surface area contributed by atoms with Gasteiger partial charge in [0, 0.05) is 25.9 Å². The average molecular weight is 597 g/mol. The number of allylic oxidation sites excluding steroid dienone is 1. The molecule has 0 N–H and O–H groups in total. The molecule has 43 heavy (non-hydrogen) atoms. The standard InChI is InChI=1S/C16H24N2O2.C15H11F3N4O/c1-17-10-8-15(9-11-17)18(13-19)16(12-20-2)14-6-4-3-5-7-14;16-15(17,18)14-2-1-12(8-20-14)22-13(7-11(9-23)21-22)10-3-5-19-6-4-10/h3-7,13,15-16H,8-12H2,1-2H3;1-3,5,7-9H,4,6H2/t16-;/m0./s1. The number of hydrogen-bond donors (Lipinski definition) is 0. The van der Waals surface area contributed by atoms with Gasteiger partial charge in [-0.3, -0.25) is 14.6 Å². The molecule has 1 atom stereocenters. The molecule has 2 aliphatic rings. The molecule has 4 heterocycles. The Balaban J connectivity index is 0.000000199. The molecular formula is C31H35F3N6O3. The molecule has 0 aliphatic carbocycles. The Kier molecular flexibility index (Phi) is 11.0. The highest BCUT2D eigenvalue weighted by Crippen LogP contribution is 2.29. The van der Waals surface area contributed by atoms with Gasteiger partial charge < -0.3 is 14.5 Å². The van der Waals surface area contributed by atoms with Gasteiger partial charge in [-0.25, -0.2) is 9.67 Å². The lowest BCUT2D eigenvalue weighted by Crippen LogP contribution is -2.45. The minimum absolute atomic E-state index is 0.00658. The summed E-state index contributed by atoms with van der Waals surface area (Å²) in [5.74, 6) is 0. The third-order valence-electron chi connectivity index (χ3n) is 7.45. The number of likely N-dealkylation sites (tertiary alicyclic amines) is 1. The summed E-state index contributed by atoms with van der Waals surface area (Å²) in [5, 5.41) is 4.11. The number of pyridine rings is 1. The predicted molar refractivity (Wildman–Crippen MR) is 157 cm³/mol. The second kappa shape index (κ2) is 14.8. The highest BCUT2D eigenvalue weighted by atomic mass is 19.4. The predicted octanol–water partition coefficient (Wildman–Crippen LogP) is 4.88. The van der Waals surface area contributed by atoms with Crippen molar-refractivity contribution in [1.29, 1.82) is 0 Å². The van der Waals surface area contributed by atoms with Crippen LogP contribution in [0.3, 0.4) is 0 Å². The zero-order valence-corrected chi connectivity index (χ0v) is 24.2. The van der Waals surface area contributed by atoms with E-state index in [-0.39, 0.29) is 11.7 Å². The molecular weight excluding hydrogens is 561 g/mol. The number of aromatic nitrogens is 3. The third kappa shape index (κ3) is 8.23. The van der Waals surface area contributed by atoms with Gasteiger partial charge in [0.05, 0.1) is 30.2 Å². The number of nitrogens with zero attached hydrogens (tertiary/aromatic N) is 6. The van der Waals surface area contributed by atoms with Gasteiger partial charge >= 0.3 is 6.18 Å². The van der Waals surface area contributed by atoms with Crippen molar-refractivity contribution in [3.8, 4) is 5.69 Å². The van der Waals surface area contributed by atoms with Crippen molar-refractivity contribution >= 4 is 24.5 Å². The van der Waals surface area contributed by atoms with Crippen LogP contribution < -0.4 is 0 Å². The first-order chi connectivity index (χ1) is 20.7. The minimum Gasteiger partial charge on any atom is -0.382 e. The number of methoxy groups -OCH3 is 1. The molecule has 1 aromatic carbocycles. The van der Waals surface area contributed by atoms with Gasteiger partial charge in [0.15, 0.2) is 6.29 Å². The molecule has 2 aliphatic heterocycles. The molecule has 228 valence electrons. The van der Waals surface area contributed by atoms with Crippen LogP contribution in [0.5, 0.6) is 0 Å². The number of piperidine rings is 1. The number of dihydropyridines is 1. The van der Waals surface area contributed by atoms with E-state index in [2.05, 4.69) is 39.2 Å². The van der Waals surface area contributed by atoms with Crippen LogP contribution in [-0.4, -0.2) is 89.9 Å². The fraction of sp³-hybridized carbons (Fsp3) is 0.387. The molecule has 1 fully saturated rings. The van der Waals surface area contributed by atoms with Crippen LogP contribution in [-0.2, 0) is 15.7 Å². The van der Waals surface area contributed by atoms with Crippen molar-refractivity contribution in [2.75, 3.05) is 40.4 Å². The molecule has 3 aromatic rings. The number of hydrogen-bond acceptors (Lipinski definition) is 7. The van der Waals surface area contributed by atoms with Crippen LogP contribution in [0.2, 0.25) is 0 Å². The summed E-state index contributed by atoms with van der Waals surface area (Å²) in [6.07, 6.45) is 4.35. The first-order valence-electron chi connectivity index (χ1n) is 14.0. The fourth-order valence-corrected chi connectivity index (χ4v) is 5.16. The molecule has 9 nitrogen and oxygen atoms in total. The molecule has 1 amide bonds. The van der Waals surface area contributed by atoms with Crippen molar-refractivity contribution in [3.63, 3.8) is 0 Å². The van der Waals surface area contributed by atoms with Gasteiger partial charge in [0.2, 0.25) is 6.41 Å². The van der Waals surface area contributed by atoms with E-state index < -0.39 is 11.9 Å². The molecule has 0 bridgehead atoms. The van der Waals surface area contributed by atoms with Crippen molar-refractivity contribution in [3.05, 3.63) is 83.4 Å². The largest absolute Gasteiger partial charge is 0.433 e. The number of benzene rings is 1. The van der Waals surface area contributed by atoms with Crippen LogP contribution in [0.1, 0.15) is 52.7 Å². The van der Waals surface area contributed by atoms with Crippen LogP contribution in [0.25, 0.3) is 11.3 Å². The number of alkyl halides is 3. The first-order valence-corrected chi connectivity index (χ1v) is 14.0. The van der Waals surface area contributed by atoms with Gasteiger partial charge in [-0.1, -0.05) is 30.3 Å². The topological polar surface area (TPSA) is 92.9 Å². The van der Waals surface area contributed by atoms with E-state index in [1.54, 1.807) is 25.5 Å². The molecule has 12 heteroatoms. The molecule has 0 radical (unpaired) electrons. The molecule has 0 unspecified atom stereocenters. The number of carbonyl (C=O) groups is 2. The molecule has 2 aromatic heterocycles. The third-order valence-corrected chi connectivity index (χ3v) is 7.45. The van der Waals surface area contributed by atoms with E-state index in [9.17, 15) is 22.8 Å². The lowest BCUT2D eigenvalue weighted by Gasteiger charge is -2.39. The molecule has 5 rings (SSSR count). The monoisotopic (exact) mass is 596 g/mol. The summed E-state index contributed by atoms with van der Waals surface area (Å²) in [6.45, 7) is 3.24. The SMILES string of the molecule is COC[C@@H](c1ccccc1)N(C=O)C1CCN(C)CC1.O=Cc1cc(C2=CC=NCC2)n(-c2ccc(C(F)(F)F)nc2)n1. The normalized spacial score (nSPS) is 16.5. The average Bonchev–Trinajstić information content (AvgIpc) is 3.47. The van der Waals surface area contributed by atoms with Gasteiger partial charge in [0.1, 0.15) is 11.4 Å². The Morgan fingerprint density at radius 2 is 1.86 bits per heavy atom. The van der Waals surface area contributed by atoms with E-state index in [0.29, 0.717) is 43.3 Å². The Labute approximate surface area is 248 Å². The summed E-state index contributed by atoms with van der Waals surface area (Å²) >= 11 is 0. The number of amides is 1. The summed E-state index contributed by atoms with van der Waals surface area (Å²) in [4.78, 5) is 34.4. The van der Waals surface area contributed by atoms with Crippen LogP contribution in [0, 0.1) is 0 Å². The van der Waals surface area contributed by atoms with E-state index in [4.69, 9.17) is 4.74 Å². The second-order valence-electron chi connectivity index (χ2n) is 10.3. The maximum Gasteiger partial charge on any atom is 0.433 e. The smallest absolute Gasteiger partial charge is 0.382 e. The zero-order valence-electron chi connectivity index (χ0n) is 24.2. The maximum absolute atomic E-state index is 12.6.